The molecule has 0 amide bonds. The van der Waals surface area contributed by atoms with Crippen LogP contribution in [0.25, 0.3) is 0 Å². The Morgan fingerprint density at radius 3 is 2.62 bits per heavy atom. The van der Waals surface area contributed by atoms with Crippen LogP contribution in [0.15, 0.2) is 6.07 Å². The van der Waals surface area contributed by atoms with Crippen LogP contribution in [0.3, 0.4) is 0 Å². The summed E-state index contributed by atoms with van der Waals surface area (Å²) >= 11 is 0. The van der Waals surface area contributed by atoms with Gasteiger partial charge in [-0.3, -0.25) is 4.68 Å². The Morgan fingerprint density at radius 2 is 2.25 bits per heavy atom. The van der Waals surface area contributed by atoms with E-state index in [2.05, 4.69) is 29.5 Å². The first-order valence-electron chi connectivity index (χ1n) is 5.55. The van der Waals surface area contributed by atoms with E-state index in [-0.39, 0.29) is 6.04 Å². The molecule has 0 spiro atoms. The molecule has 4 heteroatoms. The fourth-order valence-corrected chi connectivity index (χ4v) is 1.97. The van der Waals surface area contributed by atoms with E-state index in [9.17, 15) is 0 Å². The molecule has 0 bridgehead atoms. The summed E-state index contributed by atoms with van der Waals surface area (Å²) in [4.78, 5) is 0. The number of rotatable bonds is 4. The Balaban J connectivity index is 2.84. The van der Waals surface area contributed by atoms with Gasteiger partial charge in [0, 0.05) is 12.1 Å². The van der Waals surface area contributed by atoms with Gasteiger partial charge in [-0.1, -0.05) is 0 Å². The molecule has 0 saturated carbocycles. The fraction of sp³-hybridized carbons (Fsp3) is 0.667. The molecule has 1 heterocycles. The van der Waals surface area contributed by atoms with Crippen molar-refractivity contribution < 1.29 is 0 Å². The molecule has 2 atom stereocenters. The highest BCUT2D eigenvalue weighted by atomic mass is 15.3. The van der Waals surface area contributed by atoms with Crippen LogP contribution >= 0.6 is 0 Å². The summed E-state index contributed by atoms with van der Waals surface area (Å²) < 4.78 is 1.99. The minimum absolute atomic E-state index is 0.214. The summed E-state index contributed by atoms with van der Waals surface area (Å²) in [6.07, 6.45) is 0.738. The van der Waals surface area contributed by atoms with Gasteiger partial charge < -0.3 is 5.32 Å². The number of nitrogens with zero attached hydrogens (tertiary/aromatic N) is 3. The molecule has 16 heavy (non-hydrogen) atoms. The molecule has 88 valence electrons. The first-order chi connectivity index (χ1) is 7.41. The normalized spacial score (nSPS) is 16.5. The average molecular weight is 220 g/mol. The maximum absolute atomic E-state index is 9.11. The van der Waals surface area contributed by atoms with Crippen molar-refractivity contribution in [2.45, 2.75) is 45.7 Å². The highest BCUT2D eigenvalue weighted by Crippen LogP contribution is 2.21. The third kappa shape index (κ3) is 2.61. The molecule has 0 radical (unpaired) electrons. The minimum atomic E-state index is -0.494. The number of aromatic nitrogens is 2. The summed E-state index contributed by atoms with van der Waals surface area (Å²) in [5, 5.41) is 16.6. The van der Waals surface area contributed by atoms with Gasteiger partial charge in [0.1, 0.15) is 5.54 Å². The summed E-state index contributed by atoms with van der Waals surface area (Å²) in [5.74, 6) is 0. The predicted octanol–water partition coefficient (Wildman–Crippen LogP) is 1.95. The highest BCUT2D eigenvalue weighted by Gasteiger charge is 2.25. The Bertz CT molecular complexity index is 402. The van der Waals surface area contributed by atoms with Gasteiger partial charge in [-0.15, -0.1) is 0 Å². The molecular formula is C12H20N4. The van der Waals surface area contributed by atoms with E-state index >= 15 is 0 Å². The maximum Gasteiger partial charge on any atom is 0.105 e. The van der Waals surface area contributed by atoms with Gasteiger partial charge in [0.05, 0.1) is 17.8 Å². The van der Waals surface area contributed by atoms with Crippen molar-refractivity contribution in [2.75, 3.05) is 7.05 Å². The Kier molecular flexibility index (Phi) is 3.71. The van der Waals surface area contributed by atoms with Crippen molar-refractivity contribution in [1.82, 2.24) is 15.1 Å². The molecule has 1 aromatic rings. The van der Waals surface area contributed by atoms with Crippen LogP contribution in [0.2, 0.25) is 0 Å². The first kappa shape index (κ1) is 12.7. The van der Waals surface area contributed by atoms with Crippen molar-refractivity contribution in [1.29, 1.82) is 5.26 Å². The molecular weight excluding hydrogens is 200 g/mol. The van der Waals surface area contributed by atoms with Crippen molar-refractivity contribution in [2.24, 2.45) is 0 Å². The highest BCUT2D eigenvalue weighted by molar-refractivity contribution is 5.09. The van der Waals surface area contributed by atoms with Crippen molar-refractivity contribution in [3.63, 3.8) is 0 Å². The second-order valence-corrected chi connectivity index (χ2v) is 4.62. The molecule has 1 aromatic heterocycles. The summed E-state index contributed by atoms with van der Waals surface area (Å²) in [7, 11) is 1.82. The topological polar surface area (TPSA) is 53.6 Å². The van der Waals surface area contributed by atoms with E-state index in [1.54, 1.807) is 0 Å². The summed E-state index contributed by atoms with van der Waals surface area (Å²) in [6, 6.07) is 4.57. The lowest BCUT2D eigenvalue weighted by Crippen LogP contribution is -2.40. The van der Waals surface area contributed by atoms with Crippen LogP contribution < -0.4 is 5.32 Å². The number of nitriles is 1. The lowest BCUT2D eigenvalue weighted by atomic mass is 9.95. The van der Waals surface area contributed by atoms with Gasteiger partial charge in [0.15, 0.2) is 0 Å². The van der Waals surface area contributed by atoms with Crippen LogP contribution in [0.1, 0.15) is 37.7 Å². The molecule has 0 aliphatic heterocycles. The summed E-state index contributed by atoms with van der Waals surface area (Å²) in [6.45, 7) is 8.03. The molecule has 4 nitrogen and oxygen atoms in total. The molecule has 2 unspecified atom stereocenters. The van der Waals surface area contributed by atoms with Crippen molar-refractivity contribution >= 4 is 0 Å². The number of aryl methyl sites for hydroxylation is 2. The third-order valence-corrected chi connectivity index (χ3v) is 2.96. The monoisotopic (exact) mass is 220 g/mol. The molecule has 1 N–H and O–H groups in total. The second kappa shape index (κ2) is 4.67. The van der Waals surface area contributed by atoms with E-state index in [4.69, 9.17) is 5.26 Å². The Hall–Kier alpha value is -1.34. The van der Waals surface area contributed by atoms with Gasteiger partial charge in [0.25, 0.3) is 0 Å². The average Bonchev–Trinajstić information content (AvgIpc) is 2.57. The molecule has 0 aromatic carbocycles. The van der Waals surface area contributed by atoms with E-state index in [1.165, 1.54) is 0 Å². The van der Waals surface area contributed by atoms with E-state index in [0.717, 1.165) is 17.8 Å². The quantitative estimate of drug-likeness (QED) is 0.843. The van der Waals surface area contributed by atoms with Crippen LogP contribution in [0.5, 0.6) is 0 Å². The fourth-order valence-electron chi connectivity index (χ4n) is 1.97. The molecule has 0 aliphatic carbocycles. The van der Waals surface area contributed by atoms with E-state index in [1.807, 2.05) is 32.5 Å². The Morgan fingerprint density at radius 1 is 1.62 bits per heavy atom. The van der Waals surface area contributed by atoms with Crippen molar-refractivity contribution in [3.05, 3.63) is 17.5 Å². The first-order valence-corrected chi connectivity index (χ1v) is 5.55. The van der Waals surface area contributed by atoms with Gasteiger partial charge in [-0.05, 0) is 40.8 Å². The van der Waals surface area contributed by atoms with Crippen molar-refractivity contribution in [3.8, 4) is 6.07 Å². The smallest absolute Gasteiger partial charge is 0.105 e. The van der Waals surface area contributed by atoms with Crippen LogP contribution in [0, 0.1) is 25.2 Å². The number of hydrogen-bond acceptors (Lipinski definition) is 3. The molecule has 1 rings (SSSR count). The van der Waals surface area contributed by atoms with Gasteiger partial charge >= 0.3 is 0 Å². The van der Waals surface area contributed by atoms with E-state index < -0.39 is 5.54 Å². The Labute approximate surface area is 97.3 Å². The summed E-state index contributed by atoms with van der Waals surface area (Å²) in [5.41, 5.74) is 1.67. The van der Waals surface area contributed by atoms with Gasteiger partial charge in [-0.25, -0.2) is 0 Å². The predicted molar refractivity (Wildman–Crippen MR) is 64.1 cm³/mol. The lowest BCUT2D eigenvalue weighted by molar-refractivity contribution is 0.344. The second-order valence-electron chi connectivity index (χ2n) is 4.62. The zero-order valence-electron chi connectivity index (χ0n) is 10.7. The number of hydrogen-bond donors (Lipinski definition) is 1. The standard InChI is InChI=1S/C12H20N4/c1-9-6-10(2)16(15-9)11(3)7-12(4,8-13)14-5/h6,11,14H,7H2,1-5H3. The molecule has 0 fully saturated rings. The minimum Gasteiger partial charge on any atom is -0.303 e. The van der Waals surface area contributed by atoms with Gasteiger partial charge in [0.2, 0.25) is 0 Å². The van der Waals surface area contributed by atoms with Crippen LogP contribution in [-0.2, 0) is 0 Å². The SMILES string of the molecule is CNC(C)(C#N)CC(C)n1nc(C)cc1C. The number of nitrogens with one attached hydrogen (secondary N) is 1. The zero-order valence-corrected chi connectivity index (χ0v) is 10.7. The van der Waals surface area contributed by atoms with Gasteiger partial charge in [-0.2, -0.15) is 10.4 Å². The lowest BCUT2D eigenvalue weighted by Gasteiger charge is -2.25. The largest absolute Gasteiger partial charge is 0.303 e. The van der Waals surface area contributed by atoms with E-state index in [0.29, 0.717) is 0 Å². The third-order valence-electron chi connectivity index (χ3n) is 2.96. The van der Waals surface area contributed by atoms with Crippen LogP contribution in [0.4, 0.5) is 0 Å². The molecule has 0 saturated heterocycles. The van der Waals surface area contributed by atoms with Crippen LogP contribution in [-0.4, -0.2) is 22.4 Å². The zero-order chi connectivity index (χ0) is 12.3. The molecule has 0 aliphatic rings. The maximum atomic E-state index is 9.11.